The molecular formula is C35H35N3O6. The maximum absolute atomic E-state index is 13.3. The van der Waals surface area contributed by atoms with Crippen LogP contribution >= 0.6 is 0 Å². The standard InChI is InChI=1S/C35H35N3O6/c1-41-29-16-26-23(32(42-2)33(29)43-3)12-11-22-25(26)15-27(34(36)40)31(24-9-7-13-37-35(24)44-4)30(22)20(18-39)14-19-17-38-28-10-6-5-8-21(19)28/h5-10,13,15-17,20,38-39H,11-12,14,18H2,1-4H3,(H2,36,40)/t20-/m0/s1. The Balaban J connectivity index is 1.69. The van der Waals surface area contributed by atoms with Gasteiger partial charge in [-0.1, -0.05) is 18.2 Å². The predicted molar refractivity (Wildman–Crippen MR) is 169 cm³/mol. The van der Waals surface area contributed by atoms with Crippen LogP contribution in [0.25, 0.3) is 33.2 Å². The molecule has 226 valence electrons. The molecular weight excluding hydrogens is 558 g/mol. The van der Waals surface area contributed by atoms with Crippen LogP contribution in [-0.4, -0.2) is 56.0 Å². The number of fused-ring (bicyclic) bond motifs is 4. The molecule has 0 saturated heterocycles. The Bertz CT molecular complexity index is 1880. The lowest BCUT2D eigenvalue weighted by molar-refractivity contribution is 0.100. The van der Waals surface area contributed by atoms with E-state index in [9.17, 15) is 9.90 Å². The maximum Gasteiger partial charge on any atom is 0.249 e. The molecule has 5 aromatic rings. The third-order valence-corrected chi connectivity index (χ3v) is 8.59. The smallest absolute Gasteiger partial charge is 0.249 e. The van der Waals surface area contributed by atoms with Gasteiger partial charge in [0.05, 0.1) is 35.0 Å². The summed E-state index contributed by atoms with van der Waals surface area (Å²) in [5.41, 5.74) is 14.3. The number of carbonyl (C=O) groups is 1. The van der Waals surface area contributed by atoms with Gasteiger partial charge in [0.25, 0.3) is 0 Å². The maximum atomic E-state index is 13.3. The number of amides is 1. The summed E-state index contributed by atoms with van der Waals surface area (Å²) in [5, 5.41) is 12.2. The van der Waals surface area contributed by atoms with Crippen molar-refractivity contribution in [3.8, 4) is 45.4 Å². The highest BCUT2D eigenvalue weighted by Gasteiger charge is 2.33. The summed E-state index contributed by atoms with van der Waals surface area (Å²) in [6.45, 7) is -0.161. The number of aliphatic hydroxyl groups excluding tert-OH is 1. The van der Waals surface area contributed by atoms with Gasteiger partial charge in [-0.15, -0.1) is 0 Å². The third-order valence-electron chi connectivity index (χ3n) is 8.59. The lowest BCUT2D eigenvalue weighted by atomic mass is 9.74. The zero-order chi connectivity index (χ0) is 31.0. The first kappa shape index (κ1) is 29.1. The molecule has 0 radical (unpaired) electrons. The monoisotopic (exact) mass is 593 g/mol. The molecule has 6 rings (SSSR count). The molecule has 0 unspecified atom stereocenters. The summed E-state index contributed by atoms with van der Waals surface area (Å²) >= 11 is 0. The Morgan fingerprint density at radius 3 is 2.39 bits per heavy atom. The SMILES string of the molecule is COc1cc2c(c(OC)c1OC)CCc1c-2cc(C(N)=O)c(-c2cccnc2OC)c1[C@H](CO)Cc1c[nH]c2ccccc12. The fourth-order valence-electron chi connectivity index (χ4n) is 6.71. The van der Waals surface area contributed by atoms with Gasteiger partial charge in [0, 0.05) is 51.5 Å². The van der Waals surface area contributed by atoms with Gasteiger partial charge in [-0.3, -0.25) is 4.79 Å². The minimum Gasteiger partial charge on any atom is -0.493 e. The molecule has 2 aromatic heterocycles. The number of hydrogen-bond acceptors (Lipinski definition) is 7. The molecule has 4 N–H and O–H groups in total. The average Bonchev–Trinajstić information content (AvgIpc) is 3.47. The van der Waals surface area contributed by atoms with Crippen molar-refractivity contribution < 1.29 is 28.8 Å². The van der Waals surface area contributed by atoms with E-state index in [2.05, 4.69) is 16.0 Å². The van der Waals surface area contributed by atoms with Gasteiger partial charge in [0.15, 0.2) is 11.5 Å². The average molecular weight is 594 g/mol. The van der Waals surface area contributed by atoms with Crippen LogP contribution in [0.3, 0.4) is 0 Å². The second-order valence-corrected chi connectivity index (χ2v) is 10.8. The minimum absolute atomic E-state index is 0.161. The number of benzene rings is 3. The van der Waals surface area contributed by atoms with Crippen LogP contribution in [0.1, 0.15) is 38.5 Å². The van der Waals surface area contributed by atoms with Gasteiger partial charge in [-0.25, -0.2) is 4.98 Å². The van der Waals surface area contributed by atoms with Gasteiger partial charge >= 0.3 is 0 Å². The van der Waals surface area contributed by atoms with Crippen LogP contribution in [0.4, 0.5) is 0 Å². The van der Waals surface area contributed by atoms with E-state index in [-0.39, 0.29) is 12.5 Å². The van der Waals surface area contributed by atoms with E-state index in [4.69, 9.17) is 24.7 Å². The van der Waals surface area contributed by atoms with Crippen LogP contribution in [0, 0.1) is 0 Å². The predicted octanol–water partition coefficient (Wildman–Crippen LogP) is 5.45. The molecule has 0 fully saturated rings. The fraction of sp³-hybridized carbons (Fsp3) is 0.257. The number of methoxy groups -OCH3 is 4. The minimum atomic E-state index is -0.599. The Morgan fingerprint density at radius 1 is 0.932 bits per heavy atom. The molecule has 0 aliphatic heterocycles. The van der Waals surface area contributed by atoms with Gasteiger partial charge < -0.3 is 34.8 Å². The molecule has 0 saturated carbocycles. The molecule has 1 atom stereocenters. The van der Waals surface area contributed by atoms with Crippen molar-refractivity contribution >= 4 is 16.8 Å². The number of nitrogens with zero attached hydrogens (tertiary/aromatic N) is 1. The molecule has 44 heavy (non-hydrogen) atoms. The number of rotatable bonds is 10. The van der Waals surface area contributed by atoms with Crippen molar-refractivity contribution in [3.05, 3.63) is 88.7 Å². The Labute approximate surface area is 255 Å². The van der Waals surface area contributed by atoms with Crippen molar-refractivity contribution in [1.29, 1.82) is 0 Å². The second kappa shape index (κ2) is 11.9. The van der Waals surface area contributed by atoms with Crippen LogP contribution < -0.4 is 24.7 Å². The number of carbonyl (C=O) groups excluding carboxylic acids is 1. The highest BCUT2D eigenvalue weighted by molar-refractivity contribution is 6.04. The van der Waals surface area contributed by atoms with E-state index < -0.39 is 5.91 Å². The normalized spacial score (nSPS) is 12.8. The Hall–Kier alpha value is -5.02. The summed E-state index contributed by atoms with van der Waals surface area (Å²) in [7, 11) is 6.31. The number of nitrogens with one attached hydrogen (secondary N) is 1. The number of H-pyrrole nitrogens is 1. The number of aromatic nitrogens is 2. The zero-order valence-corrected chi connectivity index (χ0v) is 25.2. The molecule has 1 amide bonds. The molecule has 2 heterocycles. The van der Waals surface area contributed by atoms with Crippen molar-refractivity contribution in [2.24, 2.45) is 5.73 Å². The first-order valence-corrected chi connectivity index (χ1v) is 14.4. The van der Waals surface area contributed by atoms with E-state index in [1.807, 2.05) is 42.6 Å². The van der Waals surface area contributed by atoms with E-state index in [1.165, 1.54) is 0 Å². The van der Waals surface area contributed by atoms with Crippen LogP contribution in [-0.2, 0) is 19.3 Å². The Kier molecular flexibility index (Phi) is 7.88. The highest BCUT2D eigenvalue weighted by Crippen LogP contribution is 2.52. The largest absolute Gasteiger partial charge is 0.493 e. The lowest BCUT2D eigenvalue weighted by Crippen LogP contribution is -2.21. The van der Waals surface area contributed by atoms with Gasteiger partial charge in [0.1, 0.15) is 0 Å². The van der Waals surface area contributed by atoms with E-state index in [1.54, 1.807) is 40.7 Å². The summed E-state index contributed by atoms with van der Waals surface area (Å²) in [4.78, 5) is 21.1. The molecule has 9 heteroatoms. The number of ether oxygens (including phenoxy) is 4. The number of para-hydroxylation sites is 1. The molecule has 0 bridgehead atoms. The molecule has 0 spiro atoms. The molecule has 1 aliphatic carbocycles. The van der Waals surface area contributed by atoms with Crippen molar-refractivity contribution in [2.45, 2.75) is 25.2 Å². The number of aliphatic hydroxyl groups is 1. The first-order chi connectivity index (χ1) is 21.4. The van der Waals surface area contributed by atoms with Crippen LogP contribution in [0.5, 0.6) is 23.1 Å². The number of nitrogens with two attached hydrogens (primary N) is 1. The van der Waals surface area contributed by atoms with Crippen LogP contribution in [0.2, 0.25) is 0 Å². The van der Waals surface area contributed by atoms with Crippen LogP contribution in [0.15, 0.2) is 60.9 Å². The number of pyridine rings is 1. The lowest BCUT2D eigenvalue weighted by Gasteiger charge is -2.31. The number of hydrogen-bond donors (Lipinski definition) is 3. The number of primary amides is 1. The Morgan fingerprint density at radius 2 is 1.68 bits per heavy atom. The summed E-state index contributed by atoms with van der Waals surface area (Å²) in [6, 6.07) is 15.5. The quantitative estimate of drug-likeness (QED) is 0.196. The summed E-state index contributed by atoms with van der Waals surface area (Å²) in [6.07, 6.45) is 5.42. The zero-order valence-electron chi connectivity index (χ0n) is 25.2. The van der Waals surface area contributed by atoms with E-state index in [0.717, 1.165) is 44.3 Å². The fourth-order valence-corrected chi connectivity index (χ4v) is 6.71. The highest BCUT2D eigenvalue weighted by atomic mass is 16.5. The van der Waals surface area contributed by atoms with Crippen molar-refractivity contribution in [1.82, 2.24) is 9.97 Å². The molecule has 3 aromatic carbocycles. The van der Waals surface area contributed by atoms with Gasteiger partial charge in [-0.05, 0) is 77.4 Å². The van der Waals surface area contributed by atoms with Gasteiger partial charge in [0.2, 0.25) is 17.5 Å². The molecule has 1 aliphatic rings. The van der Waals surface area contributed by atoms with E-state index >= 15 is 0 Å². The number of aromatic amines is 1. The molecule has 9 nitrogen and oxygen atoms in total. The topological polar surface area (TPSA) is 129 Å². The van der Waals surface area contributed by atoms with Gasteiger partial charge in [-0.2, -0.15) is 0 Å². The summed E-state index contributed by atoms with van der Waals surface area (Å²) < 4.78 is 22.9. The third kappa shape index (κ3) is 4.69. The van der Waals surface area contributed by atoms with Crippen molar-refractivity contribution in [3.63, 3.8) is 0 Å². The van der Waals surface area contributed by atoms with E-state index in [0.29, 0.717) is 59.1 Å². The van der Waals surface area contributed by atoms with Crippen molar-refractivity contribution in [2.75, 3.05) is 35.0 Å². The first-order valence-electron chi connectivity index (χ1n) is 14.4. The second-order valence-electron chi connectivity index (χ2n) is 10.8. The summed E-state index contributed by atoms with van der Waals surface area (Å²) in [5.74, 6) is 0.990.